The van der Waals surface area contributed by atoms with Gasteiger partial charge in [0.05, 0.1) is 0 Å². The van der Waals surface area contributed by atoms with Crippen LogP contribution in [0, 0.1) is 5.82 Å². The molecule has 4 rings (SSSR count). The highest BCUT2D eigenvalue weighted by molar-refractivity contribution is 5.83. The molecule has 1 aliphatic rings. The summed E-state index contributed by atoms with van der Waals surface area (Å²) in [5, 5.41) is 1.24. The summed E-state index contributed by atoms with van der Waals surface area (Å²) < 4.78 is 13.9. The van der Waals surface area contributed by atoms with Crippen molar-refractivity contribution in [2.24, 2.45) is 0 Å². The Morgan fingerprint density at radius 1 is 1.11 bits per heavy atom. The number of aryl methyl sites for hydroxylation is 1. The summed E-state index contributed by atoms with van der Waals surface area (Å²) in [4.78, 5) is 17.7. The Morgan fingerprint density at radius 3 is 2.74 bits per heavy atom. The van der Waals surface area contributed by atoms with E-state index in [1.54, 1.807) is 12.1 Å². The monoisotopic (exact) mass is 362 g/mol. The topological polar surface area (TPSA) is 36.1 Å². The van der Waals surface area contributed by atoms with Gasteiger partial charge >= 0.3 is 0 Å². The molecule has 0 atom stereocenters. The van der Waals surface area contributed by atoms with Gasteiger partial charge in [-0.2, -0.15) is 0 Å². The molecule has 1 aliphatic heterocycles. The second-order valence-corrected chi connectivity index (χ2v) is 7.01. The number of hydrogen-bond donors (Lipinski definition) is 1. The van der Waals surface area contributed by atoms with E-state index in [2.05, 4.69) is 17.1 Å². The maximum Gasteiger partial charge on any atom is 0.222 e. The number of aromatic nitrogens is 1. The number of nitrogens with one attached hydrogen (secondary N) is 1. The third-order valence-electron chi connectivity index (χ3n) is 5.29. The molecule has 3 nitrogen and oxygen atoms in total. The number of nitrogens with zero attached hydrogens (tertiary/aromatic N) is 1. The average Bonchev–Trinajstić information content (AvgIpc) is 3.12. The zero-order chi connectivity index (χ0) is 18.6. The SMILES string of the molecule is O=C(CCCc1c[nH]c2ccccc12)N1CC=C(c2ccccc2F)CC1. The lowest BCUT2D eigenvalue weighted by Crippen LogP contribution is -2.34. The molecule has 0 saturated heterocycles. The molecule has 3 aromatic rings. The van der Waals surface area contributed by atoms with Gasteiger partial charge in [-0.25, -0.2) is 4.39 Å². The molecule has 1 N–H and O–H groups in total. The smallest absolute Gasteiger partial charge is 0.222 e. The van der Waals surface area contributed by atoms with E-state index in [0.29, 0.717) is 31.5 Å². The van der Waals surface area contributed by atoms with Crippen molar-refractivity contribution in [2.45, 2.75) is 25.7 Å². The molecule has 0 spiro atoms. The fourth-order valence-corrected chi connectivity index (χ4v) is 3.79. The summed E-state index contributed by atoms with van der Waals surface area (Å²) in [5.41, 5.74) is 4.05. The fourth-order valence-electron chi connectivity index (χ4n) is 3.79. The van der Waals surface area contributed by atoms with Crippen LogP contribution in [0.25, 0.3) is 16.5 Å². The minimum atomic E-state index is -0.192. The number of carbonyl (C=O) groups excluding carboxylic acids is 1. The average molecular weight is 362 g/mol. The van der Waals surface area contributed by atoms with E-state index in [-0.39, 0.29) is 11.7 Å². The number of halogens is 1. The first kappa shape index (κ1) is 17.5. The predicted molar refractivity (Wildman–Crippen MR) is 107 cm³/mol. The summed E-state index contributed by atoms with van der Waals surface area (Å²) in [6.07, 6.45) is 7.00. The van der Waals surface area contributed by atoms with Crippen molar-refractivity contribution in [3.63, 3.8) is 0 Å². The molecule has 0 aliphatic carbocycles. The van der Waals surface area contributed by atoms with Gasteiger partial charge in [-0.1, -0.05) is 42.5 Å². The maximum atomic E-state index is 13.9. The Balaban J connectivity index is 1.31. The van der Waals surface area contributed by atoms with Crippen LogP contribution in [0.3, 0.4) is 0 Å². The minimum absolute atomic E-state index is 0.179. The van der Waals surface area contributed by atoms with Gasteiger partial charge in [0.1, 0.15) is 5.82 Å². The highest BCUT2D eigenvalue weighted by Gasteiger charge is 2.19. The molecule has 0 saturated carbocycles. The van der Waals surface area contributed by atoms with Crippen molar-refractivity contribution in [1.82, 2.24) is 9.88 Å². The van der Waals surface area contributed by atoms with E-state index >= 15 is 0 Å². The largest absolute Gasteiger partial charge is 0.361 e. The fraction of sp³-hybridized carbons (Fsp3) is 0.261. The number of aromatic amines is 1. The molecule has 0 bridgehead atoms. The highest BCUT2D eigenvalue weighted by atomic mass is 19.1. The highest BCUT2D eigenvalue weighted by Crippen LogP contribution is 2.25. The Bertz CT molecular complexity index is 989. The number of para-hydroxylation sites is 1. The van der Waals surface area contributed by atoms with Gasteiger partial charge in [0, 0.05) is 42.2 Å². The molecule has 2 heterocycles. The van der Waals surface area contributed by atoms with E-state index in [1.165, 1.54) is 17.0 Å². The lowest BCUT2D eigenvalue weighted by Gasteiger charge is -2.27. The van der Waals surface area contributed by atoms with Crippen LogP contribution in [0.2, 0.25) is 0 Å². The summed E-state index contributed by atoms with van der Waals surface area (Å²) in [7, 11) is 0. The van der Waals surface area contributed by atoms with Crippen LogP contribution in [0.1, 0.15) is 30.4 Å². The van der Waals surface area contributed by atoms with Gasteiger partial charge in [-0.05, 0) is 42.5 Å². The normalized spacial score (nSPS) is 14.4. The van der Waals surface area contributed by atoms with Crippen molar-refractivity contribution < 1.29 is 9.18 Å². The van der Waals surface area contributed by atoms with Gasteiger partial charge in [0.25, 0.3) is 0 Å². The molecular formula is C23H23FN2O. The third-order valence-corrected chi connectivity index (χ3v) is 5.29. The van der Waals surface area contributed by atoms with Crippen LogP contribution < -0.4 is 0 Å². The molecular weight excluding hydrogens is 339 g/mol. The number of carbonyl (C=O) groups is 1. The van der Waals surface area contributed by atoms with Crippen LogP contribution in [0.4, 0.5) is 4.39 Å². The van der Waals surface area contributed by atoms with E-state index in [1.807, 2.05) is 35.4 Å². The number of H-pyrrole nitrogens is 1. The van der Waals surface area contributed by atoms with E-state index in [0.717, 1.165) is 23.9 Å². The molecule has 2 aromatic carbocycles. The Kier molecular flexibility index (Phi) is 5.05. The standard InChI is InChI=1S/C23H23FN2O/c24-21-9-3-1-7-19(21)17-12-14-26(15-13-17)23(27)11-5-6-18-16-25-22-10-4-2-8-20(18)22/h1-4,7-10,12,16,25H,5-6,11,13-15H2. The van der Waals surface area contributed by atoms with Crippen molar-refractivity contribution in [2.75, 3.05) is 13.1 Å². The molecule has 138 valence electrons. The summed E-state index contributed by atoms with van der Waals surface area (Å²) in [6, 6.07) is 15.1. The number of amides is 1. The Hall–Kier alpha value is -2.88. The summed E-state index contributed by atoms with van der Waals surface area (Å²) in [6.45, 7) is 1.22. The van der Waals surface area contributed by atoms with Crippen LogP contribution in [0.15, 0.2) is 60.8 Å². The van der Waals surface area contributed by atoms with Gasteiger partial charge in [0.15, 0.2) is 0 Å². The second-order valence-electron chi connectivity index (χ2n) is 7.01. The minimum Gasteiger partial charge on any atom is -0.361 e. The quantitative estimate of drug-likeness (QED) is 0.685. The van der Waals surface area contributed by atoms with Gasteiger partial charge in [-0.3, -0.25) is 4.79 Å². The van der Waals surface area contributed by atoms with E-state index in [9.17, 15) is 9.18 Å². The first-order valence-electron chi connectivity index (χ1n) is 9.49. The third kappa shape index (κ3) is 3.80. The molecule has 4 heteroatoms. The first-order chi connectivity index (χ1) is 13.2. The van der Waals surface area contributed by atoms with Crippen LogP contribution in [-0.2, 0) is 11.2 Å². The molecule has 27 heavy (non-hydrogen) atoms. The van der Waals surface area contributed by atoms with E-state index < -0.39 is 0 Å². The molecule has 0 unspecified atom stereocenters. The zero-order valence-electron chi connectivity index (χ0n) is 15.2. The lowest BCUT2D eigenvalue weighted by molar-refractivity contribution is -0.130. The van der Waals surface area contributed by atoms with Crippen molar-refractivity contribution >= 4 is 22.4 Å². The number of hydrogen-bond acceptors (Lipinski definition) is 1. The van der Waals surface area contributed by atoms with Crippen molar-refractivity contribution in [3.8, 4) is 0 Å². The Morgan fingerprint density at radius 2 is 1.93 bits per heavy atom. The maximum absolute atomic E-state index is 13.9. The Labute approximate surface area is 158 Å². The lowest BCUT2D eigenvalue weighted by atomic mass is 9.98. The van der Waals surface area contributed by atoms with Gasteiger partial charge in [0.2, 0.25) is 5.91 Å². The number of fused-ring (bicyclic) bond motifs is 1. The van der Waals surface area contributed by atoms with Gasteiger partial charge in [-0.15, -0.1) is 0 Å². The van der Waals surface area contributed by atoms with E-state index in [4.69, 9.17) is 0 Å². The van der Waals surface area contributed by atoms with Crippen LogP contribution in [0.5, 0.6) is 0 Å². The summed E-state index contributed by atoms with van der Waals surface area (Å²) >= 11 is 0. The van der Waals surface area contributed by atoms with Crippen LogP contribution in [-0.4, -0.2) is 28.9 Å². The molecule has 0 radical (unpaired) electrons. The second kappa shape index (κ2) is 7.78. The van der Waals surface area contributed by atoms with Crippen LogP contribution >= 0.6 is 0 Å². The van der Waals surface area contributed by atoms with Gasteiger partial charge < -0.3 is 9.88 Å². The summed E-state index contributed by atoms with van der Waals surface area (Å²) in [5.74, 6) is -0.0130. The molecule has 1 aromatic heterocycles. The molecule has 1 amide bonds. The van der Waals surface area contributed by atoms with Crippen molar-refractivity contribution in [1.29, 1.82) is 0 Å². The first-order valence-corrected chi connectivity index (χ1v) is 9.49. The number of rotatable bonds is 5. The predicted octanol–water partition coefficient (Wildman–Crippen LogP) is 4.95. The molecule has 0 fully saturated rings. The zero-order valence-corrected chi connectivity index (χ0v) is 15.2. The van der Waals surface area contributed by atoms with Crippen molar-refractivity contribution in [3.05, 3.63) is 77.7 Å². The number of benzene rings is 2.